The summed E-state index contributed by atoms with van der Waals surface area (Å²) in [6.45, 7) is 2.18. The second-order valence-electron chi connectivity index (χ2n) is 6.69. The van der Waals surface area contributed by atoms with Crippen molar-refractivity contribution in [1.29, 1.82) is 0 Å². The Morgan fingerprint density at radius 3 is 2.79 bits per heavy atom. The smallest absolute Gasteiger partial charge is 0.306 e. The standard InChI is InChI=1S/C21H20N4O3S/c1-14-3-5-15(6-4-14)18-10-22-19(28-18)7-8-20(26)27-12-17-13-29-21(24-17)16-9-23-25(2)11-16/h3-6,9-11,13H,7-8,12H2,1-2H3. The third-order valence-corrected chi connectivity index (χ3v) is 5.26. The number of ether oxygens (including phenoxy) is 1. The van der Waals surface area contributed by atoms with Gasteiger partial charge in [-0.1, -0.05) is 29.8 Å². The van der Waals surface area contributed by atoms with Gasteiger partial charge in [-0.3, -0.25) is 9.48 Å². The van der Waals surface area contributed by atoms with Crippen LogP contribution in [0.15, 0.2) is 52.7 Å². The summed E-state index contributed by atoms with van der Waals surface area (Å²) in [4.78, 5) is 20.8. The Bertz CT molecular complexity index is 1110. The van der Waals surface area contributed by atoms with Crippen LogP contribution in [-0.2, 0) is 29.6 Å². The quantitative estimate of drug-likeness (QED) is 0.427. The highest BCUT2D eigenvalue weighted by atomic mass is 32.1. The highest BCUT2D eigenvalue weighted by molar-refractivity contribution is 7.13. The summed E-state index contributed by atoms with van der Waals surface area (Å²) in [6.07, 6.45) is 5.93. The Labute approximate surface area is 172 Å². The van der Waals surface area contributed by atoms with E-state index in [2.05, 4.69) is 15.1 Å². The van der Waals surface area contributed by atoms with Crippen molar-refractivity contribution in [3.05, 3.63) is 65.4 Å². The number of aryl methyl sites for hydroxylation is 3. The molecule has 0 saturated carbocycles. The van der Waals surface area contributed by atoms with Crippen LogP contribution in [0.1, 0.15) is 23.6 Å². The fraction of sp³-hybridized carbons (Fsp3) is 0.238. The normalized spacial score (nSPS) is 11.0. The van der Waals surface area contributed by atoms with E-state index < -0.39 is 0 Å². The maximum absolute atomic E-state index is 12.1. The molecule has 0 unspecified atom stereocenters. The third-order valence-electron chi connectivity index (χ3n) is 4.32. The maximum Gasteiger partial charge on any atom is 0.306 e. The molecule has 4 rings (SSSR count). The van der Waals surface area contributed by atoms with E-state index in [1.165, 1.54) is 16.9 Å². The number of thiazole rings is 1. The molecule has 0 saturated heterocycles. The molecule has 0 aliphatic rings. The minimum absolute atomic E-state index is 0.149. The van der Waals surface area contributed by atoms with Crippen LogP contribution in [0.5, 0.6) is 0 Å². The number of esters is 1. The van der Waals surface area contributed by atoms with Gasteiger partial charge in [0, 0.05) is 36.2 Å². The molecule has 0 aliphatic carbocycles. The predicted molar refractivity (Wildman–Crippen MR) is 109 cm³/mol. The van der Waals surface area contributed by atoms with Gasteiger partial charge < -0.3 is 9.15 Å². The molecule has 0 radical (unpaired) electrons. The first-order valence-corrected chi connectivity index (χ1v) is 10.1. The van der Waals surface area contributed by atoms with Gasteiger partial charge in [-0.2, -0.15) is 5.10 Å². The lowest BCUT2D eigenvalue weighted by atomic mass is 10.1. The summed E-state index contributed by atoms with van der Waals surface area (Å²) in [5.41, 5.74) is 3.82. The molecule has 0 N–H and O–H groups in total. The van der Waals surface area contributed by atoms with Crippen molar-refractivity contribution in [1.82, 2.24) is 19.7 Å². The maximum atomic E-state index is 12.1. The third kappa shape index (κ3) is 4.78. The molecular formula is C21H20N4O3S. The summed E-state index contributed by atoms with van der Waals surface area (Å²) in [7, 11) is 1.86. The second-order valence-corrected chi connectivity index (χ2v) is 7.55. The zero-order valence-electron chi connectivity index (χ0n) is 16.2. The number of carbonyl (C=O) groups is 1. The first-order valence-electron chi connectivity index (χ1n) is 9.17. The first kappa shape index (κ1) is 19.1. The Hall–Kier alpha value is -3.26. The fourth-order valence-corrected chi connectivity index (χ4v) is 3.53. The molecule has 4 aromatic rings. The van der Waals surface area contributed by atoms with E-state index in [0.29, 0.717) is 18.1 Å². The molecule has 0 atom stereocenters. The van der Waals surface area contributed by atoms with Crippen LogP contribution in [0.4, 0.5) is 0 Å². The molecular weight excluding hydrogens is 388 g/mol. The second kappa shape index (κ2) is 8.40. The van der Waals surface area contributed by atoms with Gasteiger partial charge in [-0.25, -0.2) is 9.97 Å². The van der Waals surface area contributed by atoms with E-state index in [9.17, 15) is 4.79 Å². The Morgan fingerprint density at radius 2 is 2.03 bits per heavy atom. The highest BCUT2D eigenvalue weighted by Gasteiger charge is 2.12. The summed E-state index contributed by atoms with van der Waals surface area (Å²) in [5.74, 6) is 0.903. The van der Waals surface area contributed by atoms with Crippen molar-refractivity contribution >= 4 is 17.3 Å². The lowest BCUT2D eigenvalue weighted by Crippen LogP contribution is -2.06. The Morgan fingerprint density at radius 1 is 1.21 bits per heavy atom. The summed E-state index contributed by atoms with van der Waals surface area (Å²) in [5, 5.41) is 6.88. The van der Waals surface area contributed by atoms with Gasteiger partial charge in [0.1, 0.15) is 11.6 Å². The van der Waals surface area contributed by atoms with E-state index >= 15 is 0 Å². The van der Waals surface area contributed by atoms with Gasteiger partial charge in [0.05, 0.1) is 24.5 Å². The average molecular weight is 408 g/mol. The van der Waals surface area contributed by atoms with Crippen molar-refractivity contribution in [3.8, 4) is 21.9 Å². The molecule has 3 heterocycles. The molecule has 0 spiro atoms. The topological polar surface area (TPSA) is 83.0 Å². The zero-order chi connectivity index (χ0) is 20.2. The van der Waals surface area contributed by atoms with Gasteiger partial charge in [-0.15, -0.1) is 11.3 Å². The van der Waals surface area contributed by atoms with Gasteiger partial charge in [0.15, 0.2) is 11.7 Å². The average Bonchev–Trinajstić information content (AvgIpc) is 3.46. The van der Waals surface area contributed by atoms with Gasteiger partial charge in [-0.05, 0) is 6.92 Å². The molecule has 29 heavy (non-hydrogen) atoms. The summed E-state index contributed by atoms with van der Waals surface area (Å²) < 4.78 is 12.8. The molecule has 0 bridgehead atoms. The van der Waals surface area contributed by atoms with E-state index in [1.54, 1.807) is 17.1 Å². The van der Waals surface area contributed by atoms with Crippen LogP contribution < -0.4 is 0 Å². The van der Waals surface area contributed by atoms with E-state index in [-0.39, 0.29) is 19.0 Å². The monoisotopic (exact) mass is 408 g/mol. The number of hydrogen-bond donors (Lipinski definition) is 0. The van der Waals surface area contributed by atoms with E-state index in [0.717, 1.165) is 21.8 Å². The fourth-order valence-electron chi connectivity index (χ4n) is 2.75. The number of carbonyl (C=O) groups excluding carboxylic acids is 1. The van der Waals surface area contributed by atoms with Crippen LogP contribution in [0.2, 0.25) is 0 Å². The molecule has 0 aliphatic heterocycles. The van der Waals surface area contributed by atoms with Gasteiger partial charge in [0.25, 0.3) is 0 Å². The molecule has 8 heteroatoms. The van der Waals surface area contributed by atoms with E-state index in [1.807, 2.05) is 49.8 Å². The molecule has 7 nitrogen and oxygen atoms in total. The molecule has 1 aromatic carbocycles. The van der Waals surface area contributed by atoms with Crippen molar-refractivity contribution < 1.29 is 13.9 Å². The first-order chi connectivity index (χ1) is 14.1. The highest BCUT2D eigenvalue weighted by Crippen LogP contribution is 2.24. The lowest BCUT2D eigenvalue weighted by Gasteiger charge is -2.01. The SMILES string of the molecule is Cc1ccc(-c2cnc(CCC(=O)OCc3csc(-c4cnn(C)c4)n3)o2)cc1. The van der Waals surface area contributed by atoms with Gasteiger partial charge in [0.2, 0.25) is 0 Å². The number of benzene rings is 1. The van der Waals surface area contributed by atoms with Crippen LogP contribution in [-0.4, -0.2) is 25.7 Å². The minimum atomic E-state index is -0.309. The number of hydrogen-bond acceptors (Lipinski definition) is 7. The minimum Gasteiger partial charge on any atom is -0.459 e. The van der Waals surface area contributed by atoms with Crippen LogP contribution in [0.25, 0.3) is 21.9 Å². The van der Waals surface area contributed by atoms with Crippen molar-refractivity contribution in [2.75, 3.05) is 0 Å². The van der Waals surface area contributed by atoms with E-state index in [4.69, 9.17) is 9.15 Å². The lowest BCUT2D eigenvalue weighted by molar-refractivity contribution is -0.145. The predicted octanol–water partition coefficient (Wildman–Crippen LogP) is 4.18. The van der Waals surface area contributed by atoms with Crippen molar-refractivity contribution in [2.45, 2.75) is 26.4 Å². The zero-order valence-corrected chi connectivity index (χ0v) is 17.0. The summed E-state index contributed by atoms with van der Waals surface area (Å²) >= 11 is 1.50. The number of oxazole rings is 1. The van der Waals surface area contributed by atoms with Gasteiger partial charge >= 0.3 is 5.97 Å². The van der Waals surface area contributed by atoms with Crippen LogP contribution in [0, 0.1) is 6.92 Å². The van der Waals surface area contributed by atoms with Crippen LogP contribution in [0.3, 0.4) is 0 Å². The number of nitrogens with zero attached hydrogens (tertiary/aromatic N) is 4. The number of aromatic nitrogens is 4. The summed E-state index contributed by atoms with van der Waals surface area (Å²) in [6, 6.07) is 8.02. The molecule has 148 valence electrons. The molecule has 3 aromatic heterocycles. The van der Waals surface area contributed by atoms with Crippen molar-refractivity contribution in [2.24, 2.45) is 7.05 Å². The Balaban J connectivity index is 1.26. The molecule has 0 amide bonds. The largest absolute Gasteiger partial charge is 0.459 e. The van der Waals surface area contributed by atoms with Crippen LogP contribution >= 0.6 is 11.3 Å². The Kier molecular flexibility index (Phi) is 5.53. The van der Waals surface area contributed by atoms with Crippen molar-refractivity contribution in [3.63, 3.8) is 0 Å². The molecule has 0 fully saturated rings. The number of rotatable bonds is 7.